The highest BCUT2D eigenvalue weighted by molar-refractivity contribution is 5.87. The third kappa shape index (κ3) is 5.76. The molecule has 0 aliphatic heterocycles. The van der Waals surface area contributed by atoms with Crippen LogP contribution in [0.1, 0.15) is 69.9 Å². The lowest BCUT2D eigenvalue weighted by Gasteiger charge is -2.26. The molecule has 0 saturated heterocycles. The van der Waals surface area contributed by atoms with Crippen LogP contribution in [0.2, 0.25) is 0 Å². The van der Waals surface area contributed by atoms with Crippen molar-refractivity contribution in [2.24, 2.45) is 0 Å². The molecule has 0 fully saturated rings. The van der Waals surface area contributed by atoms with Crippen molar-refractivity contribution in [2.45, 2.75) is 70.4 Å². The Balaban J connectivity index is 1.62. The second kappa shape index (κ2) is 11.2. The highest BCUT2D eigenvalue weighted by Crippen LogP contribution is 2.44. The second-order valence-corrected chi connectivity index (χ2v) is 9.05. The number of unbranched alkanes of at least 4 members (excludes halogenated alkanes) is 1. The first-order valence-corrected chi connectivity index (χ1v) is 11.9. The monoisotopic (exact) mass is 466 g/mol. The standard InChI is InChI=1S/C27H34N2O5/c1-4-6-11-18(16-24(30)29-27(3,5-2)25(31)32)28-26(33)34-17-23-21-14-9-7-12-19(21)20-13-8-10-15-22(20)23/h7-10,12-15,18,23H,4-6,11,16-17H2,1-3H3,(H,28,33)(H,29,30)(H,31,32). The van der Waals surface area contributed by atoms with Crippen molar-refractivity contribution >= 4 is 18.0 Å². The van der Waals surface area contributed by atoms with E-state index >= 15 is 0 Å². The zero-order valence-electron chi connectivity index (χ0n) is 20.1. The van der Waals surface area contributed by atoms with Crippen LogP contribution < -0.4 is 10.6 Å². The summed E-state index contributed by atoms with van der Waals surface area (Å²) < 4.78 is 5.62. The molecule has 2 amide bonds. The zero-order valence-corrected chi connectivity index (χ0v) is 20.1. The molecule has 1 aliphatic rings. The van der Waals surface area contributed by atoms with Crippen LogP contribution in [0, 0.1) is 0 Å². The summed E-state index contributed by atoms with van der Waals surface area (Å²) in [5.41, 5.74) is 3.23. The van der Waals surface area contributed by atoms with E-state index in [1.54, 1.807) is 6.92 Å². The Morgan fingerprint density at radius 3 is 2.15 bits per heavy atom. The minimum Gasteiger partial charge on any atom is -0.480 e. The summed E-state index contributed by atoms with van der Waals surface area (Å²) in [5.74, 6) is -1.54. The van der Waals surface area contributed by atoms with Crippen molar-refractivity contribution in [1.82, 2.24) is 10.6 Å². The molecule has 0 aromatic heterocycles. The molecule has 182 valence electrons. The maximum absolute atomic E-state index is 12.7. The summed E-state index contributed by atoms with van der Waals surface area (Å²) in [7, 11) is 0. The van der Waals surface area contributed by atoms with Gasteiger partial charge in [-0.25, -0.2) is 9.59 Å². The quantitative estimate of drug-likeness (QED) is 0.439. The zero-order chi connectivity index (χ0) is 24.7. The molecule has 1 aliphatic carbocycles. The molecule has 0 radical (unpaired) electrons. The Labute approximate surface area is 200 Å². The number of hydrogen-bond acceptors (Lipinski definition) is 4. The van der Waals surface area contributed by atoms with Gasteiger partial charge in [0.25, 0.3) is 0 Å². The Morgan fingerprint density at radius 2 is 1.62 bits per heavy atom. The van der Waals surface area contributed by atoms with Gasteiger partial charge in [0.15, 0.2) is 0 Å². The fraction of sp³-hybridized carbons (Fsp3) is 0.444. The molecule has 3 rings (SSSR count). The molecule has 0 heterocycles. The van der Waals surface area contributed by atoms with Gasteiger partial charge in [0, 0.05) is 18.4 Å². The van der Waals surface area contributed by atoms with Crippen LogP contribution in [0.4, 0.5) is 4.79 Å². The molecule has 2 unspecified atom stereocenters. The van der Waals surface area contributed by atoms with Crippen LogP contribution >= 0.6 is 0 Å². The smallest absolute Gasteiger partial charge is 0.407 e. The molecular weight excluding hydrogens is 432 g/mol. The number of aliphatic carboxylic acids is 1. The third-order valence-corrected chi connectivity index (χ3v) is 6.60. The van der Waals surface area contributed by atoms with Gasteiger partial charge in [0.2, 0.25) is 5.91 Å². The van der Waals surface area contributed by atoms with Crippen LogP contribution in [-0.4, -0.2) is 41.3 Å². The predicted molar refractivity (Wildman–Crippen MR) is 131 cm³/mol. The molecule has 7 nitrogen and oxygen atoms in total. The molecular formula is C27H34N2O5. The van der Waals surface area contributed by atoms with Crippen LogP contribution in [0.5, 0.6) is 0 Å². The second-order valence-electron chi connectivity index (χ2n) is 9.05. The molecule has 2 aromatic rings. The van der Waals surface area contributed by atoms with Crippen LogP contribution in [0.15, 0.2) is 48.5 Å². The van der Waals surface area contributed by atoms with Gasteiger partial charge in [0.05, 0.1) is 0 Å². The van der Waals surface area contributed by atoms with E-state index in [1.807, 2.05) is 31.2 Å². The number of carbonyl (C=O) groups excluding carboxylic acids is 2. The largest absolute Gasteiger partial charge is 0.480 e. The molecule has 2 aromatic carbocycles. The number of carbonyl (C=O) groups is 3. The number of benzene rings is 2. The number of carboxylic acid groups (broad SMARTS) is 1. The van der Waals surface area contributed by atoms with E-state index in [0.717, 1.165) is 35.1 Å². The average Bonchev–Trinajstić information content (AvgIpc) is 3.14. The number of rotatable bonds is 11. The highest BCUT2D eigenvalue weighted by atomic mass is 16.5. The van der Waals surface area contributed by atoms with E-state index in [0.29, 0.717) is 6.42 Å². The summed E-state index contributed by atoms with van der Waals surface area (Å²) in [4.78, 5) is 36.7. The van der Waals surface area contributed by atoms with E-state index in [1.165, 1.54) is 6.92 Å². The van der Waals surface area contributed by atoms with Gasteiger partial charge >= 0.3 is 12.1 Å². The molecule has 0 bridgehead atoms. The average molecular weight is 467 g/mol. The van der Waals surface area contributed by atoms with Crippen molar-refractivity contribution in [3.05, 3.63) is 59.7 Å². The van der Waals surface area contributed by atoms with E-state index in [-0.39, 0.29) is 25.4 Å². The van der Waals surface area contributed by atoms with E-state index in [2.05, 4.69) is 34.9 Å². The van der Waals surface area contributed by atoms with Crippen molar-refractivity contribution in [2.75, 3.05) is 6.61 Å². The predicted octanol–water partition coefficient (Wildman–Crippen LogP) is 4.84. The lowest BCUT2D eigenvalue weighted by molar-refractivity contribution is -0.147. The number of nitrogens with one attached hydrogen (secondary N) is 2. The molecule has 2 atom stereocenters. The van der Waals surface area contributed by atoms with Gasteiger partial charge in [-0.1, -0.05) is 75.2 Å². The number of carboxylic acids is 1. The fourth-order valence-corrected chi connectivity index (χ4v) is 4.36. The van der Waals surface area contributed by atoms with Gasteiger partial charge in [0.1, 0.15) is 12.1 Å². The van der Waals surface area contributed by atoms with Crippen molar-refractivity contribution in [3.63, 3.8) is 0 Å². The lowest BCUT2D eigenvalue weighted by Crippen LogP contribution is -2.53. The maximum atomic E-state index is 12.7. The Hall–Kier alpha value is -3.35. The summed E-state index contributed by atoms with van der Waals surface area (Å²) >= 11 is 0. The maximum Gasteiger partial charge on any atom is 0.407 e. The fourth-order valence-electron chi connectivity index (χ4n) is 4.36. The number of hydrogen-bond donors (Lipinski definition) is 3. The first kappa shape index (κ1) is 25.3. The molecule has 0 spiro atoms. The van der Waals surface area contributed by atoms with E-state index < -0.39 is 29.6 Å². The van der Waals surface area contributed by atoms with E-state index in [9.17, 15) is 19.5 Å². The first-order chi connectivity index (χ1) is 16.3. The molecule has 34 heavy (non-hydrogen) atoms. The van der Waals surface area contributed by atoms with Gasteiger partial charge in [-0.3, -0.25) is 4.79 Å². The number of ether oxygens (including phenoxy) is 1. The number of fused-ring (bicyclic) bond motifs is 3. The Morgan fingerprint density at radius 1 is 1.03 bits per heavy atom. The van der Waals surface area contributed by atoms with Gasteiger partial charge in [-0.2, -0.15) is 0 Å². The summed E-state index contributed by atoms with van der Waals surface area (Å²) in [6.07, 6.45) is 2.01. The van der Waals surface area contributed by atoms with Gasteiger partial charge < -0.3 is 20.5 Å². The van der Waals surface area contributed by atoms with Gasteiger partial charge in [-0.15, -0.1) is 0 Å². The Bertz CT molecular complexity index is 992. The van der Waals surface area contributed by atoms with Crippen molar-refractivity contribution in [3.8, 4) is 11.1 Å². The molecule has 3 N–H and O–H groups in total. The van der Waals surface area contributed by atoms with Crippen LogP contribution in [-0.2, 0) is 14.3 Å². The number of amides is 2. The Kier molecular flexibility index (Phi) is 8.31. The normalized spacial score (nSPS) is 14.9. The highest BCUT2D eigenvalue weighted by Gasteiger charge is 2.33. The van der Waals surface area contributed by atoms with E-state index in [4.69, 9.17) is 4.74 Å². The van der Waals surface area contributed by atoms with Crippen LogP contribution in [0.3, 0.4) is 0 Å². The summed E-state index contributed by atoms with van der Waals surface area (Å²) in [5, 5.41) is 14.8. The summed E-state index contributed by atoms with van der Waals surface area (Å²) in [6, 6.07) is 15.8. The first-order valence-electron chi connectivity index (χ1n) is 11.9. The number of alkyl carbamates (subject to hydrolysis) is 1. The van der Waals surface area contributed by atoms with Crippen LogP contribution in [0.25, 0.3) is 11.1 Å². The summed E-state index contributed by atoms with van der Waals surface area (Å²) in [6.45, 7) is 5.41. The topological polar surface area (TPSA) is 105 Å². The van der Waals surface area contributed by atoms with Gasteiger partial charge in [-0.05, 0) is 42.0 Å². The lowest BCUT2D eigenvalue weighted by atomic mass is 9.98. The van der Waals surface area contributed by atoms with Crippen molar-refractivity contribution < 1.29 is 24.2 Å². The molecule has 7 heteroatoms. The third-order valence-electron chi connectivity index (χ3n) is 6.60. The molecule has 0 saturated carbocycles. The minimum atomic E-state index is -1.34. The SMILES string of the molecule is CCCCC(CC(=O)NC(C)(CC)C(=O)O)NC(=O)OCC1c2ccccc2-c2ccccc21. The van der Waals surface area contributed by atoms with Crippen molar-refractivity contribution in [1.29, 1.82) is 0 Å². The minimum absolute atomic E-state index is 0.00688.